The fourth-order valence-corrected chi connectivity index (χ4v) is 2.44. The van der Waals surface area contributed by atoms with E-state index in [2.05, 4.69) is 44.3 Å². The van der Waals surface area contributed by atoms with Gasteiger partial charge in [0.15, 0.2) is 11.5 Å². The van der Waals surface area contributed by atoms with Gasteiger partial charge >= 0.3 is 0 Å². The zero-order chi connectivity index (χ0) is 15.4. The van der Waals surface area contributed by atoms with Gasteiger partial charge in [0, 0.05) is 12.6 Å². The Bertz CT molecular complexity index is 623. The van der Waals surface area contributed by atoms with Gasteiger partial charge in [0.1, 0.15) is 0 Å². The van der Waals surface area contributed by atoms with E-state index in [0.717, 1.165) is 12.1 Å². The zero-order valence-electron chi connectivity index (χ0n) is 13.1. The van der Waals surface area contributed by atoms with E-state index < -0.39 is 0 Å². The quantitative estimate of drug-likeness (QED) is 0.876. The summed E-state index contributed by atoms with van der Waals surface area (Å²) in [6, 6.07) is 12.2. The molecule has 0 heterocycles. The van der Waals surface area contributed by atoms with Crippen molar-refractivity contribution in [1.29, 1.82) is 0 Å². The summed E-state index contributed by atoms with van der Waals surface area (Å²) in [7, 11) is 1.56. The van der Waals surface area contributed by atoms with Crippen LogP contribution in [0.2, 0.25) is 0 Å². The lowest BCUT2D eigenvalue weighted by atomic mass is 10.00. The van der Waals surface area contributed by atoms with Gasteiger partial charge in [0.05, 0.1) is 7.11 Å². The minimum atomic E-state index is 0.170. The molecule has 2 N–H and O–H groups in total. The van der Waals surface area contributed by atoms with Gasteiger partial charge in [0.25, 0.3) is 0 Å². The average molecular weight is 285 g/mol. The summed E-state index contributed by atoms with van der Waals surface area (Å²) >= 11 is 0. The largest absolute Gasteiger partial charge is 0.504 e. The highest BCUT2D eigenvalue weighted by Crippen LogP contribution is 2.26. The van der Waals surface area contributed by atoms with Crippen LogP contribution in [0.25, 0.3) is 0 Å². The Kier molecular flexibility index (Phi) is 4.86. The predicted molar refractivity (Wildman–Crippen MR) is 85.8 cm³/mol. The van der Waals surface area contributed by atoms with Gasteiger partial charge in [-0.05, 0) is 49.6 Å². The van der Waals surface area contributed by atoms with Crippen molar-refractivity contribution in [1.82, 2.24) is 5.32 Å². The molecule has 3 heteroatoms. The van der Waals surface area contributed by atoms with Crippen molar-refractivity contribution in [2.75, 3.05) is 7.11 Å². The van der Waals surface area contributed by atoms with E-state index in [4.69, 9.17) is 4.74 Å². The van der Waals surface area contributed by atoms with Crippen LogP contribution in [-0.2, 0) is 6.54 Å². The van der Waals surface area contributed by atoms with Gasteiger partial charge in [-0.1, -0.05) is 29.8 Å². The standard InChI is InChI=1S/C18H23NO2/c1-12-5-6-13(2)16(9-12)14(3)19-11-15-7-8-17(20)18(10-15)21-4/h5-10,14,19-20H,11H2,1-4H3. The molecule has 0 fully saturated rings. The van der Waals surface area contributed by atoms with Gasteiger partial charge in [-0.3, -0.25) is 0 Å². The summed E-state index contributed by atoms with van der Waals surface area (Å²) in [4.78, 5) is 0. The molecule has 112 valence electrons. The monoisotopic (exact) mass is 285 g/mol. The lowest BCUT2D eigenvalue weighted by Crippen LogP contribution is -2.19. The fourth-order valence-electron chi connectivity index (χ4n) is 2.44. The first-order valence-corrected chi connectivity index (χ1v) is 7.17. The highest BCUT2D eigenvalue weighted by atomic mass is 16.5. The molecule has 0 saturated heterocycles. The number of hydrogen-bond donors (Lipinski definition) is 2. The number of rotatable bonds is 5. The first-order valence-electron chi connectivity index (χ1n) is 7.17. The number of ether oxygens (including phenoxy) is 1. The van der Waals surface area contributed by atoms with Crippen LogP contribution < -0.4 is 10.1 Å². The molecule has 0 radical (unpaired) electrons. The normalized spacial score (nSPS) is 12.2. The van der Waals surface area contributed by atoms with Gasteiger partial charge in [-0.25, -0.2) is 0 Å². The highest BCUT2D eigenvalue weighted by molar-refractivity contribution is 5.41. The van der Waals surface area contributed by atoms with Crippen molar-refractivity contribution in [3.63, 3.8) is 0 Å². The van der Waals surface area contributed by atoms with Crippen molar-refractivity contribution >= 4 is 0 Å². The molecule has 1 unspecified atom stereocenters. The molecule has 0 aliphatic rings. The Balaban J connectivity index is 2.07. The Morgan fingerprint density at radius 2 is 1.90 bits per heavy atom. The molecule has 2 aromatic carbocycles. The lowest BCUT2D eigenvalue weighted by molar-refractivity contribution is 0.372. The Labute approximate surface area is 126 Å². The van der Waals surface area contributed by atoms with Crippen LogP contribution in [0.3, 0.4) is 0 Å². The maximum absolute atomic E-state index is 9.61. The molecule has 0 amide bonds. The predicted octanol–water partition coefficient (Wildman–Crippen LogP) is 3.87. The zero-order valence-corrected chi connectivity index (χ0v) is 13.1. The molecule has 21 heavy (non-hydrogen) atoms. The smallest absolute Gasteiger partial charge is 0.160 e. The molecule has 0 saturated carbocycles. The minimum Gasteiger partial charge on any atom is -0.504 e. The molecule has 0 aliphatic carbocycles. The van der Waals surface area contributed by atoms with Crippen LogP contribution in [-0.4, -0.2) is 12.2 Å². The molecule has 3 nitrogen and oxygen atoms in total. The van der Waals surface area contributed by atoms with E-state index in [0.29, 0.717) is 5.75 Å². The third-order valence-corrected chi connectivity index (χ3v) is 3.76. The first-order chi connectivity index (χ1) is 10.0. The Morgan fingerprint density at radius 3 is 2.62 bits per heavy atom. The summed E-state index contributed by atoms with van der Waals surface area (Å²) in [5.41, 5.74) is 4.97. The summed E-state index contributed by atoms with van der Waals surface area (Å²) in [5, 5.41) is 13.1. The molecular formula is C18H23NO2. The van der Waals surface area contributed by atoms with Gasteiger partial charge in [-0.15, -0.1) is 0 Å². The van der Waals surface area contributed by atoms with E-state index in [1.165, 1.54) is 16.7 Å². The molecule has 0 aromatic heterocycles. The summed E-state index contributed by atoms with van der Waals surface area (Å²) in [6.45, 7) is 7.14. The first kappa shape index (κ1) is 15.4. The third kappa shape index (κ3) is 3.76. The van der Waals surface area contributed by atoms with Gasteiger partial charge in [0.2, 0.25) is 0 Å². The SMILES string of the molecule is COc1cc(CNC(C)c2cc(C)ccc2C)ccc1O. The van der Waals surface area contributed by atoms with Gasteiger partial charge < -0.3 is 15.2 Å². The summed E-state index contributed by atoms with van der Waals surface area (Å²) < 4.78 is 5.13. The van der Waals surface area contributed by atoms with Crippen molar-refractivity contribution in [3.8, 4) is 11.5 Å². The number of aromatic hydroxyl groups is 1. The number of phenolic OH excluding ortho intramolecular Hbond substituents is 1. The van der Waals surface area contributed by atoms with Crippen LogP contribution in [0.15, 0.2) is 36.4 Å². The lowest BCUT2D eigenvalue weighted by Gasteiger charge is -2.18. The molecule has 0 aliphatic heterocycles. The maximum atomic E-state index is 9.61. The van der Waals surface area contributed by atoms with Crippen molar-refractivity contribution in [2.24, 2.45) is 0 Å². The second kappa shape index (κ2) is 6.64. The molecule has 1 atom stereocenters. The number of methoxy groups -OCH3 is 1. The van der Waals surface area contributed by atoms with Crippen LogP contribution >= 0.6 is 0 Å². The Morgan fingerprint density at radius 1 is 1.14 bits per heavy atom. The molecule has 2 rings (SSSR count). The van der Waals surface area contributed by atoms with Crippen LogP contribution in [0.5, 0.6) is 11.5 Å². The third-order valence-electron chi connectivity index (χ3n) is 3.76. The molecule has 0 spiro atoms. The van der Waals surface area contributed by atoms with Crippen molar-refractivity contribution in [2.45, 2.75) is 33.4 Å². The molecule has 2 aromatic rings. The Hall–Kier alpha value is -2.00. The highest BCUT2D eigenvalue weighted by Gasteiger charge is 2.09. The van der Waals surface area contributed by atoms with E-state index in [9.17, 15) is 5.11 Å². The fraction of sp³-hybridized carbons (Fsp3) is 0.333. The molecular weight excluding hydrogens is 262 g/mol. The van der Waals surface area contributed by atoms with Crippen LogP contribution in [0, 0.1) is 13.8 Å². The van der Waals surface area contributed by atoms with E-state index in [-0.39, 0.29) is 11.8 Å². The second-order valence-electron chi connectivity index (χ2n) is 5.47. The van der Waals surface area contributed by atoms with Crippen LogP contribution in [0.4, 0.5) is 0 Å². The number of hydrogen-bond acceptors (Lipinski definition) is 3. The van der Waals surface area contributed by atoms with Crippen molar-refractivity contribution in [3.05, 3.63) is 58.7 Å². The summed E-state index contributed by atoms with van der Waals surface area (Å²) in [5.74, 6) is 0.678. The van der Waals surface area contributed by atoms with Crippen LogP contribution in [0.1, 0.15) is 35.2 Å². The van der Waals surface area contributed by atoms with E-state index >= 15 is 0 Å². The maximum Gasteiger partial charge on any atom is 0.160 e. The van der Waals surface area contributed by atoms with E-state index in [1.54, 1.807) is 13.2 Å². The van der Waals surface area contributed by atoms with E-state index in [1.807, 2.05) is 12.1 Å². The van der Waals surface area contributed by atoms with Crippen molar-refractivity contribution < 1.29 is 9.84 Å². The van der Waals surface area contributed by atoms with Gasteiger partial charge in [-0.2, -0.15) is 0 Å². The summed E-state index contributed by atoms with van der Waals surface area (Å²) in [6.07, 6.45) is 0. The number of nitrogens with one attached hydrogen (secondary N) is 1. The number of aryl methyl sites for hydroxylation is 2. The molecule has 0 bridgehead atoms. The minimum absolute atomic E-state index is 0.170. The average Bonchev–Trinajstić information content (AvgIpc) is 2.48. The number of benzene rings is 2. The topological polar surface area (TPSA) is 41.5 Å². The number of phenols is 1. The second-order valence-corrected chi connectivity index (χ2v) is 5.47.